The summed E-state index contributed by atoms with van der Waals surface area (Å²) in [5, 5.41) is 0. The first kappa shape index (κ1) is 19.3. The van der Waals surface area contributed by atoms with Gasteiger partial charge in [0.15, 0.2) is 5.78 Å². The Morgan fingerprint density at radius 3 is 1.94 bits per heavy atom. The first-order valence-electron chi connectivity index (χ1n) is 12.0. The van der Waals surface area contributed by atoms with E-state index in [2.05, 4.69) is 12.1 Å². The molecule has 5 aliphatic carbocycles. The molecule has 0 radical (unpaired) electrons. The van der Waals surface area contributed by atoms with Gasteiger partial charge in [-0.05, 0) is 67.8 Å². The summed E-state index contributed by atoms with van der Waals surface area (Å²) < 4.78 is 6.39. The maximum Gasteiger partial charge on any atom is 0.310 e. The Bertz CT molecular complexity index is 945. The highest BCUT2D eigenvalue weighted by Crippen LogP contribution is 2.60. The maximum atomic E-state index is 13.5. The minimum absolute atomic E-state index is 0.0384. The summed E-state index contributed by atoms with van der Waals surface area (Å²) in [6, 6.07) is 19.7. The van der Waals surface area contributed by atoms with Gasteiger partial charge >= 0.3 is 5.97 Å². The Kier molecular flexibility index (Phi) is 4.55. The molecular weight excluding hydrogens is 384 g/mol. The summed E-state index contributed by atoms with van der Waals surface area (Å²) in [4.78, 5) is 26.4. The van der Waals surface area contributed by atoms with E-state index < -0.39 is 0 Å². The Labute approximate surface area is 184 Å². The van der Waals surface area contributed by atoms with E-state index in [1.807, 2.05) is 48.5 Å². The lowest BCUT2D eigenvalue weighted by Crippen LogP contribution is -2.53. The molecule has 0 amide bonds. The fourth-order valence-corrected chi connectivity index (χ4v) is 7.47. The predicted molar refractivity (Wildman–Crippen MR) is 119 cm³/mol. The van der Waals surface area contributed by atoms with Crippen LogP contribution in [0.1, 0.15) is 66.8 Å². The second-order valence-electron chi connectivity index (χ2n) is 10.6. The van der Waals surface area contributed by atoms with E-state index in [1.165, 1.54) is 19.3 Å². The molecule has 160 valence electrons. The Morgan fingerprint density at radius 1 is 0.806 bits per heavy atom. The summed E-state index contributed by atoms with van der Waals surface area (Å²) in [5.74, 6) is 2.25. The zero-order valence-electron chi connectivity index (χ0n) is 17.9. The molecule has 3 nitrogen and oxygen atoms in total. The highest BCUT2D eigenvalue weighted by Gasteiger charge is 2.60. The number of carbonyl (C=O) groups is 2. The molecule has 5 fully saturated rings. The molecule has 0 saturated heterocycles. The van der Waals surface area contributed by atoms with Crippen molar-refractivity contribution in [1.29, 1.82) is 0 Å². The van der Waals surface area contributed by atoms with Crippen molar-refractivity contribution in [3.05, 3.63) is 71.8 Å². The van der Waals surface area contributed by atoms with Crippen molar-refractivity contribution >= 4 is 11.8 Å². The van der Waals surface area contributed by atoms with Crippen LogP contribution >= 0.6 is 0 Å². The molecule has 0 heterocycles. The van der Waals surface area contributed by atoms with Gasteiger partial charge in [-0.1, -0.05) is 60.7 Å². The molecule has 0 N–H and O–H groups in total. The first-order valence-corrected chi connectivity index (χ1v) is 12.0. The fraction of sp³-hybridized carbons (Fsp3) is 0.500. The van der Waals surface area contributed by atoms with Gasteiger partial charge in [-0.15, -0.1) is 0 Å². The SMILES string of the molecule is O=C(C[C@@H]1[C@@H](C(=O)OC23CC4CC(CC(C4)C2)C3)[C@H]1c1ccccc1)c1ccccc1. The van der Waals surface area contributed by atoms with Gasteiger partial charge in [0.2, 0.25) is 0 Å². The minimum atomic E-state index is -0.219. The Balaban J connectivity index is 1.21. The molecule has 7 rings (SSSR count). The van der Waals surface area contributed by atoms with Crippen LogP contribution in [0.15, 0.2) is 60.7 Å². The van der Waals surface area contributed by atoms with E-state index in [0.717, 1.165) is 48.1 Å². The Morgan fingerprint density at radius 2 is 1.35 bits per heavy atom. The summed E-state index contributed by atoms with van der Waals surface area (Å²) in [6.07, 6.45) is 7.58. The van der Waals surface area contributed by atoms with Gasteiger partial charge in [-0.25, -0.2) is 0 Å². The third-order valence-electron chi connectivity index (χ3n) is 8.44. The molecule has 0 spiro atoms. The molecule has 0 aromatic heterocycles. The molecular formula is C28H30O3. The van der Waals surface area contributed by atoms with Crippen LogP contribution in [0.3, 0.4) is 0 Å². The molecule has 5 aliphatic rings. The number of ether oxygens (including phenoxy) is 1. The van der Waals surface area contributed by atoms with Crippen LogP contribution in [-0.4, -0.2) is 17.4 Å². The van der Waals surface area contributed by atoms with Crippen LogP contribution in [0, 0.1) is 29.6 Å². The van der Waals surface area contributed by atoms with Crippen LogP contribution in [0.25, 0.3) is 0 Å². The molecule has 0 aliphatic heterocycles. The van der Waals surface area contributed by atoms with Crippen LogP contribution in [0.5, 0.6) is 0 Å². The van der Waals surface area contributed by atoms with E-state index in [0.29, 0.717) is 6.42 Å². The van der Waals surface area contributed by atoms with E-state index in [9.17, 15) is 9.59 Å². The van der Waals surface area contributed by atoms with Crippen molar-refractivity contribution in [2.75, 3.05) is 0 Å². The summed E-state index contributed by atoms with van der Waals surface area (Å²) in [7, 11) is 0. The lowest BCUT2D eigenvalue weighted by atomic mass is 9.54. The van der Waals surface area contributed by atoms with Gasteiger partial charge in [-0.3, -0.25) is 9.59 Å². The summed E-state index contributed by atoms with van der Waals surface area (Å²) in [6.45, 7) is 0. The lowest BCUT2D eigenvalue weighted by Gasteiger charge is -2.55. The number of hydrogen-bond acceptors (Lipinski definition) is 3. The van der Waals surface area contributed by atoms with Crippen LogP contribution in [0.4, 0.5) is 0 Å². The average Bonchev–Trinajstić information content (AvgIpc) is 3.47. The largest absolute Gasteiger partial charge is 0.459 e. The van der Waals surface area contributed by atoms with E-state index in [1.54, 1.807) is 0 Å². The van der Waals surface area contributed by atoms with Gasteiger partial charge in [0.25, 0.3) is 0 Å². The smallest absolute Gasteiger partial charge is 0.310 e. The standard InChI is InChI=1S/C28H30O3/c29-24(21-7-3-1-4-8-21)14-23-25(22-9-5-2-6-10-22)26(23)27(30)31-28-15-18-11-19(16-28)13-20(12-18)17-28/h1-10,18-20,23,25-26H,11-17H2/t18?,19?,20?,23-,25-,26+,28?/m0/s1. The van der Waals surface area contributed by atoms with Crippen molar-refractivity contribution in [2.24, 2.45) is 29.6 Å². The molecule has 5 saturated carbocycles. The number of carbonyl (C=O) groups excluding carboxylic acids is 2. The van der Waals surface area contributed by atoms with E-state index in [-0.39, 0.29) is 35.1 Å². The maximum absolute atomic E-state index is 13.5. The number of Topliss-reactive ketones (excluding diaryl/α,β-unsaturated/α-hetero) is 1. The number of hydrogen-bond donors (Lipinski definition) is 0. The highest BCUT2D eigenvalue weighted by molar-refractivity contribution is 5.97. The molecule has 0 unspecified atom stereocenters. The minimum Gasteiger partial charge on any atom is -0.459 e. The third-order valence-corrected chi connectivity index (χ3v) is 8.44. The summed E-state index contributed by atoms with van der Waals surface area (Å²) in [5.41, 5.74) is 1.67. The first-order chi connectivity index (χ1) is 15.1. The molecule has 4 bridgehead atoms. The van der Waals surface area contributed by atoms with Crippen molar-refractivity contribution < 1.29 is 14.3 Å². The molecule has 3 atom stereocenters. The predicted octanol–water partition coefficient (Wildman–Crippen LogP) is 5.80. The third kappa shape index (κ3) is 3.52. The number of esters is 1. The highest BCUT2D eigenvalue weighted by atomic mass is 16.6. The molecule has 2 aromatic carbocycles. The second-order valence-corrected chi connectivity index (χ2v) is 10.6. The summed E-state index contributed by atoms with van der Waals surface area (Å²) >= 11 is 0. The van der Waals surface area contributed by atoms with Crippen LogP contribution in [0.2, 0.25) is 0 Å². The quantitative estimate of drug-likeness (QED) is 0.443. The van der Waals surface area contributed by atoms with Gasteiger partial charge in [0, 0.05) is 17.9 Å². The molecule has 31 heavy (non-hydrogen) atoms. The van der Waals surface area contributed by atoms with Gasteiger partial charge in [0.1, 0.15) is 5.60 Å². The fourth-order valence-electron chi connectivity index (χ4n) is 7.47. The van der Waals surface area contributed by atoms with Gasteiger partial charge in [-0.2, -0.15) is 0 Å². The topological polar surface area (TPSA) is 43.4 Å². The number of benzene rings is 2. The van der Waals surface area contributed by atoms with E-state index >= 15 is 0 Å². The van der Waals surface area contributed by atoms with Crippen LogP contribution < -0.4 is 0 Å². The van der Waals surface area contributed by atoms with Crippen molar-refractivity contribution in [3.8, 4) is 0 Å². The number of ketones is 1. The molecule has 2 aromatic rings. The number of rotatable bonds is 6. The van der Waals surface area contributed by atoms with Crippen LogP contribution in [-0.2, 0) is 9.53 Å². The second kappa shape index (κ2) is 7.32. The Hall–Kier alpha value is -2.42. The average molecular weight is 415 g/mol. The van der Waals surface area contributed by atoms with Crippen molar-refractivity contribution in [1.82, 2.24) is 0 Å². The zero-order valence-corrected chi connectivity index (χ0v) is 17.9. The van der Waals surface area contributed by atoms with Crippen molar-refractivity contribution in [2.45, 2.75) is 56.5 Å². The van der Waals surface area contributed by atoms with Crippen molar-refractivity contribution in [3.63, 3.8) is 0 Å². The van der Waals surface area contributed by atoms with Gasteiger partial charge in [0.05, 0.1) is 5.92 Å². The monoisotopic (exact) mass is 414 g/mol. The normalized spacial score (nSPS) is 37.4. The molecule has 3 heteroatoms. The zero-order chi connectivity index (χ0) is 21.0. The lowest BCUT2D eigenvalue weighted by molar-refractivity contribution is -0.188. The van der Waals surface area contributed by atoms with Gasteiger partial charge < -0.3 is 4.74 Å². The van der Waals surface area contributed by atoms with E-state index in [4.69, 9.17) is 4.74 Å².